The van der Waals surface area contributed by atoms with Crippen LogP contribution in [0.5, 0.6) is 0 Å². The van der Waals surface area contributed by atoms with Crippen LogP contribution in [0.1, 0.15) is 46.1 Å². The number of halogens is 1. The number of nitrogens with one attached hydrogen (secondary N) is 1. The van der Waals surface area contributed by atoms with Crippen molar-refractivity contribution in [2.75, 3.05) is 20.1 Å². The topological polar surface area (TPSA) is 15.3 Å². The van der Waals surface area contributed by atoms with Crippen LogP contribution in [0.15, 0.2) is 24.3 Å². The second-order valence-corrected chi connectivity index (χ2v) is 5.62. The first-order valence-corrected chi connectivity index (χ1v) is 8.25. The monoisotopic (exact) mass is 294 g/mol. The standard InChI is InChI=1S/C18H31FN2/c1-6-18(7-2,21(8-3)9-4)17(20-5)14-15-12-10-11-13-16(15)19/h10-13,17,20H,6-9,14H2,1-5H3. The van der Waals surface area contributed by atoms with E-state index >= 15 is 0 Å². The van der Waals surface area contributed by atoms with Crippen LogP contribution in [0.25, 0.3) is 0 Å². The molecule has 1 unspecified atom stereocenters. The molecule has 1 aromatic carbocycles. The second kappa shape index (κ2) is 8.50. The molecule has 120 valence electrons. The molecule has 3 heteroatoms. The maximum Gasteiger partial charge on any atom is 0.126 e. The summed E-state index contributed by atoms with van der Waals surface area (Å²) in [4.78, 5) is 2.52. The molecule has 0 radical (unpaired) electrons. The Morgan fingerprint density at radius 3 is 2.10 bits per heavy atom. The molecule has 0 fully saturated rings. The molecular formula is C18H31FN2. The molecule has 0 heterocycles. The van der Waals surface area contributed by atoms with E-state index in [4.69, 9.17) is 0 Å². The summed E-state index contributed by atoms with van der Waals surface area (Å²) < 4.78 is 14.0. The van der Waals surface area contributed by atoms with Gasteiger partial charge in [-0.05, 0) is 51.0 Å². The molecule has 1 N–H and O–H groups in total. The van der Waals surface area contributed by atoms with Crippen molar-refractivity contribution >= 4 is 0 Å². The number of likely N-dealkylation sites (N-methyl/N-ethyl adjacent to an activating group) is 2. The fourth-order valence-electron chi connectivity index (χ4n) is 3.71. The molecule has 1 rings (SSSR count). The van der Waals surface area contributed by atoms with E-state index in [9.17, 15) is 4.39 Å². The number of rotatable bonds is 9. The molecule has 0 saturated carbocycles. The van der Waals surface area contributed by atoms with E-state index in [1.165, 1.54) is 0 Å². The van der Waals surface area contributed by atoms with Crippen LogP contribution in [0.3, 0.4) is 0 Å². The van der Waals surface area contributed by atoms with Crippen LogP contribution in [-0.2, 0) is 6.42 Å². The maximum absolute atomic E-state index is 14.0. The Morgan fingerprint density at radius 1 is 1.10 bits per heavy atom. The van der Waals surface area contributed by atoms with Gasteiger partial charge in [0.25, 0.3) is 0 Å². The van der Waals surface area contributed by atoms with Crippen molar-refractivity contribution in [2.24, 2.45) is 0 Å². The molecule has 0 aliphatic heterocycles. The van der Waals surface area contributed by atoms with Gasteiger partial charge in [0.2, 0.25) is 0 Å². The highest BCUT2D eigenvalue weighted by Crippen LogP contribution is 2.30. The molecule has 21 heavy (non-hydrogen) atoms. The van der Waals surface area contributed by atoms with Crippen LogP contribution in [0.4, 0.5) is 4.39 Å². The van der Waals surface area contributed by atoms with Gasteiger partial charge < -0.3 is 5.32 Å². The van der Waals surface area contributed by atoms with Crippen molar-refractivity contribution in [3.8, 4) is 0 Å². The Hall–Kier alpha value is -0.930. The molecule has 2 nitrogen and oxygen atoms in total. The van der Waals surface area contributed by atoms with E-state index in [0.29, 0.717) is 0 Å². The largest absolute Gasteiger partial charge is 0.315 e. The summed E-state index contributed by atoms with van der Waals surface area (Å²) in [6.07, 6.45) is 2.84. The van der Waals surface area contributed by atoms with Crippen molar-refractivity contribution in [3.05, 3.63) is 35.6 Å². The Kier molecular flexibility index (Phi) is 7.33. The third-order valence-electron chi connectivity index (χ3n) is 5.00. The van der Waals surface area contributed by atoms with E-state index in [1.807, 2.05) is 19.2 Å². The van der Waals surface area contributed by atoms with Crippen molar-refractivity contribution < 1.29 is 4.39 Å². The molecule has 0 bridgehead atoms. The molecule has 0 saturated heterocycles. The van der Waals surface area contributed by atoms with E-state index in [-0.39, 0.29) is 17.4 Å². The molecular weight excluding hydrogens is 263 g/mol. The molecule has 1 atom stereocenters. The second-order valence-electron chi connectivity index (χ2n) is 5.62. The number of benzene rings is 1. The van der Waals surface area contributed by atoms with Crippen LogP contribution in [0.2, 0.25) is 0 Å². The Bertz CT molecular complexity index is 411. The maximum atomic E-state index is 14.0. The predicted octanol–water partition coefficient (Wildman–Crippen LogP) is 3.86. The minimum atomic E-state index is -0.0987. The molecule has 0 aliphatic carbocycles. The summed E-state index contributed by atoms with van der Waals surface area (Å²) in [5.41, 5.74) is 0.871. The summed E-state index contributed by atoms with van der Waals surface area (Å²) in [6, 6.07) is 7.37. The first kappa shape index (κ1) is 18.1. The van der Waals surface area contributed by atoms with E-state index in [0.717, 1.165) is 37.9 Å². The molecule has 0 spiro atoms. The van der Waals surface area contributed by atoms with Gasteiger partial charge in [0.15, 0.2) is 0 Å². The lowest BCUT2D eigenvalue weighted by Gasteiger charge is -2.48. The average Bonchev–Trinajstić information content (AvgIpc) is 2.52. The third-order valence-corrected chi connectivity index (χ3v) is 5.00. The lowest BCUT2D eigenvalue weighted by Crippen LogP contribution is -2.61. The summed E-state index contributed by atoms with van der Waals surface area (Å²) in [5.74, 6) is -0.0987. The Balaban J connectivity index is 3.11. The van der Waals surface area contributed by atoms with Crippen LogP contribution >= 0.6 is 0 Å². The zero-order chi connectivity index (χ0) is 15.9. The minimum absolute atomic E-state index is 0.0700. The van der Waals surface area contributed by atoms with Gasteiger partial charge in [-0.1, -0.05) is 45.9 Å². The lowest BCUT2D eigenvalue weighted by atomic mass is 9.79. The molecule has 0 aliphatic rings. The predicted molar refractivity (Wildman–Crippen MR) is 89.2 cm³/mol. The fourth-order valence-corrected chi connectivity index (χ4v) is 3.71. The van der Waals surface area contributed by atoms with Gasteiger partial charge in [0.1, 0.15) is 5.82 Å². The summed E-state index contributed by atoms with van der Waals surface area (Å²) in [7, 11) is 2.00. The van der Waals surface area contributed by atoms with Crippen LogP contribution in [0, 0.1) is 5.82 Å². The lowest BCUT2D eigenvalue weighted by molar-refractivity contribution is 0.0517. The van der Waals surface area contributed by atoms with Crippen molar-refractivity contribution in [3.63, 3.8) is 0 Å². The van der Waals surface area contributed by atoms with Gasteiger partial charge in [-0.2, -0.15) is 0 Å². The number of hydrogen-bond donors (Lipinski definition) is 1. The van der Waals surface area contributed by atoms with Crippen LogP contribution in [-0.4, -0.2) is 36.6 Å². The van der Waals surface area contributed by atoms with Crippen LogP contribution < -0.4 is 5.32 Å². The first-order chi connectivity index (χ1) is 10.1. The highest BCUT2D eigenvalue weighted by atomic mass is 19.1. The normalized spacial score (nSPS) is 13.7. The number of nitrogens with zero attached hydrogens (tertiary/aromatic N) is 1. The van der Waals surface area contributed by atoms with Gasteiger partial charge in [0.05, 0.1) is 0 Å². The summed E-state index contributed by atoms with van der Waals surface area (Å²) in [6.45, 7) is 10.9. The van der Waals surface area contributed by atoms with E-state index in [1.54, 1.807) is 12.1 Å². The van der Waals surface area contributed by atoms with Gasteiger partial charge >= 0.3 is 0 Å². The van der Waals surface area contributed by atoms with Crippen molar-refractivity contribution in [2.45, 2.75) is 58.5 Å². The zero-order valence-corrected chi connectivity index (χ0v) is 14.2. The molecule has 1 aromatic rings. The third kappa shape index (κ3) is 3.83. The average molecular weight is 294 g/mol. The smallest absolute Gasteiger partial charge is 0.126 e. The quantitative estimate of drug-likeness (QED) is 0.744. The highest BCUT2D eigenvalue weighted by Gasteiger charge is 2.39. The molecule has 0 amide bonds. The van der Waals surface area contributed by atoms with E-state index in [2.05, 4.69) is 37.9 Å². The summed E-state index contributed by atoms with van der Waals surface area (Å²) in [5, 5.41) is 3.46. The van der Waals surface area contributed by atoms with E-state index < -0.39 is 0 Å². The SMILES string of the molecule is CCN(CC)C(CC)(CC)C(Cc1ccccc1F)NC. The fraction of sp³-hybridized carbons (Fsp3) is 0.667. The first-order valence-electron chi connectivity index (χ1n) is 8.25. The Morgan fingerprint density at radius 2 is 1.67 bits per heavy atom. The molecule has 0 aromatic heterocycles. The van der Waals surface area contributed by atoms with Gasteiger partial charge in [-0.15, -0.1) is 0 Å². The zero-order valence-electron chi connectivity index (χ0n) is 14.2. The summed E-state index contributed by atoms with van der Waals surface area (Å²) >= 11 is 0. The van der Waals surface area contributed by atoms with Crippen molar-refractivity contribution in [1.82, 2.24) is 10.2 Å². The minimum Gasteiger partial charge on any atom is -0.315 e. The van der Waals surface area contributed by atoms with Crippen molar-refractivity contribution in [1.29, 1.82) is 0 Å². The Labute approximate surface area is 129 Å². The highest BCUT2D eigenvalue weighted by molar-refractivity contribution is 5.20. The van der Waals surface area contributed by atoms with Gasteiger partial charge in [-0.3, -0.25) is 4.90 Å². The van der Waals surface area contributed by atoms with Gasteiger partial charge in [-0.25, -0.2) is 4.39 Å². The number of hydrogen-bond acceptors (Lipinski definition) is 2. The van der Waals surface area contributed by atoms with Gasteiger partial charge in [0, 0.05) is 11.6 Å².